The van der Waals surface area contributed by atoms with Crippen molar-refractivity contribution in [3.05, 3.63) is 35.9 Å². The second kappa shape index (κ2) is 6.89. The normalized spacial score (nSPS) is 26.5. The molecule has 126 valence electrons. The lowest BCUT2D eigenvalue weighted by Gasteiger charge is -2.40. The van der Waals surface area contributed by atoms with E-state index in [1.54, 1.807) is 0 Å². The van der Waals surface area contributed by atoms with Gasteiger partial charge < -0.3 is 15.7 Å². The molecule has 3 rings (SSSR count). The Morgan fingerprint density at radius 2 is 2.09 bits per heavy atom. The Balaban J connectivity index is 1.57. The zero-order valence-electron chi connectivity index (χ0n) is 13.8. The van der Waals surface area contributed by atoms with Crippen LogP contribution in [0.15, 0.2) is 30.3 Å². The van der Waals surface area contributed by atoms with Gasteiger partial charge in [-0.25, -0.2) is 4.79 Å². The Labute approximate surface area is 138 Å². The van der Waals surface area contributed by atoms with Gasteiger partial charge in [0.25, 0.3) is 0 Å². The van der Waals surface area contributed by atoms with Gasteiger partial charge >= 0.3 is 6.03 Å². The van der Waals surface area contributed by atoms with Gasteiger partial charge in [-0.1, -0.05) is 36.8 Å². The van der Waals surface area contributed by atoms with Crippen LogP contribution in [0.2, 0.25) is 0 Å². The zero-order valence-corrected chi connectivity index (χ0v) is 13.8. The summed E-state index contributed by atoms with van der Waals surface area (Å²) in [7, 11) is 2.10. The molecule has 1 aromatic rings. The summed E-state index contributed by atoms with van der Waals surface area (Å²) in [6, 6.07) is 10.6. The third-order valence-corrected chi connectivity index (χ3v) is 5.48. The fourth-order valence-electron chi connectivity index (χ4n) is 3.79. The lowest BCUT2D eigenvalue weighted by molar-refractivity contribution is 0.0470. The minimum atomic E-state index is -0.119. The number of nitrogens with zero attached hydrogens (tertiary/aromatic N) is 1. The number of nitrogens with one attached hydrogen (secondary N) is 2. The average Bonchev–Trinajstić information content (AvgIpc) is 2.88. The monoisotopic (exact) mass is 317 g/mol. The van der Waals surface area contributed by atoms with Crippen molar-refractivity contribution in [3.8, 4) is 0 Å². The minimum absolute atomic E-state index is 0.0807. The lowest BCUT2D eigenvalue weighted by atomic mass is 9.69. The predicted octanol–water partition coefficient (Wildman–Crippen LogP) is 1.89. The first-order valence-electron chi connectivity index (χ1n) is 8.54. The van der Waals surface area contributed by atoms with Crippen molar-refractivity contribution in [2.24, 2.45) is 5.41 Å². The fraction of sp³-hybridized carbons (Fsp3) is 0.611. The maximum absolute atomic E-state index is 12.3. The van der Waals surface area contributed by atoms with Gasteiger partial charge in [-0.15, -0.1) is 0 Å². The third-order valence-electron chi connectivity index (χ3n) is 5.48. The molecule has 1 saturated carbocycles. The van der Waals surface area contributed by atoms with Gasteiger partial charge in [-0.3, -0.25) is 4.90 Å². The van der Waals surface area contributed by atoms with E-state index in [1.807, 2.05) is 18.2 Å². The van der Waals surface area contributed by atoms with Crippen molar-refractivity contribution in [1.82, 2.24) is 15.5 Å². The number of urea groups is 1. The van der Waals surface area contributed by atoms with Crippen LogP contribution in [-0.2, 0) is 0 Å². The minimum Gasteiger partial charge on any atom is -0.396 e. The maximum Gasteiger partial charge on any atom is 0.315 e. The molecule has 0 spiro atoms. The summed E-state index contributed by atoms with van der Waals surface area (Å²) in [6.07, 6.45) is 4.10. The van der Waals surface area contributed by atoms with Crippen LogP contribution in [-0.4, -0.2) is 48.8 Å². The van der Waals surface area contributed by atoms with E-state index >= 15 is 0 Å². The van der Waals surface area contributed by atoms with E-state index < -0.39 is 0 Å². The highest BCUT2D eigenvalue weighted by atomic mass is 16.3. The Hall–Kier alpha value is -1.59. The van der Waals surface area contributed by atoms with Gasteiger partial charge in [0.2, 0.25) is 0 Å². The summed E-state index contributed by atoms with van der Waals surface area (Å²) < 4.78 is 0. The fourth-order valence-corrected chi connectivity index (χ4v) is 3.79. The van der Waals surface area contributed by atoms with Gasteiger partial charge in [0, 0.05) is 18.5 Å². The summed E-state index contributed by atoms with van der Waals surface area (Å²) in [5.41, 5.74) is 1.16. The molecule has 5 nitrogen and oxygen atoms in total. The van der Waals surface area contributed by atoms with Crippen molar-refractivity contribution in [3.63, 3.8) is 0 Å². The van der Waals surface area contributed by atoms with Crippen molar-refractivity contribution in [1.29, 1.82) is 0 Å². The number of likely N-dealkylation sites (tertiary alicyclic amines) is 1. The van der Waals surface area contributed by atoms with Crippen molar-refractivity contribution in [2.45, 2.75) is 37.8 Å². The van der Waals surface area contributed by atoms with Gasteiger partial charge in [-0.05, 0) is 31.9 Å². The Morgan fingerprint density at radius 1 is 1.35 bits per heavy atom. The quantitative estimate of drug-likeness (QED) is 0.777. The molecule has 1 saturated heterocycles. The van der Waals surface area contributed by atoms with Crippen molar-refractivity contribution >= 4 is 6.03 Å². The molecule has 2 aliphatic rings. The Morgan fingerprint density at radius 3 is 2.70 bits per heavy atom. The van der Waals surface area contributed by atoms with Crippen molar-refractivity contribution in [2.75, 3.05) is 26.7 Å². The van der Waals surface area contributed by atoms with Crippen LogP contribution >= 0.6 is 0 Å². The van der Waals surface area contributed by atoms with E-state index in [0.29, 0.717) is 6.54 Å². The second-order valence-electron chi connectivity index (χ2n) is 7.07. The lowest BCUT2D eigenvalue weighted by Crippen LogP contribution is -2.50. The van der Waals surface area contributed by atoms with E-state index in [-0.39, 0.29) is 30.1 Å². The standard InChI is InChI=1S/C18H27N3O2/c1-21-11-8-15(16(21)14-6-3-2-4-7-14)20-17(23)19-12-18(13-22)9-5-10-18/h2-4,6-7,15-16,22H,5,8-13H2,1H3,(H2,19,20,23). The Bertz CT molecular complexity index is 525. The smallest absolute Gasteiger partial charge is 0.315 e. The third kappa shape index (κ3) is 3.51. The second-order valence-corrected chi connectivity index (χ2v) is 7.07. The highest BCUT2D eigenvalue weighted by Gasteiger charge is 2.37. The average molecular weight is 317 g/mol. The van der Waals surface area contributed by atoms with Crippen LogP contribution in [0.4, 0.5) is 4.79 Å². The van der Waals surface area contributed by atoms with Gasteiger partial charge in [0.05, 0.1) is 18.7 Å². The summed E-state index contributed by atoms with van der Waals surface area (Å²) in [4.78, 5) is 14.6. The summed E-state index contributed by atoms with van der Waals surface area (Å²) >= 11 is 0. The van der Waals surface area contributed by atoms with Crippen LogP contribution in [0, 0.1) is 5.41 Å². The number of aliphatic hydroxyl groups excluding tert-OH is 1. The first kappa shape index (κ1) is 16.3. The predicted molar refractivity (Wildman–Crippen MR) is 90.1 cm³/mol. The van der Waals surface area contributed by atoms with Crippen LogP contribution in [0.1, 0.15) is 37.3 Å². The van der Waals surface area contributed by atoms with E-state index in [2.05, 4.69) is 34.7 Å². The number of hydrogen-bond donors (Lipinski definition) is 3. The number of carbonyl (C=O) groups is 1. The van der Waals surface area contributed by atoms with Gasteiger partial charge in [0.15, 0.2) is 0 Å². The molecule has 2 amide bonds. The number of hydrogen-bond acceptors (Lipinski definition) is 3. The van der Waals surface area contributed by atoms with E-state index in [9.17, 15) is 9.90 Å². The molecule has 23 heavy (non-hydrogen) atoms. The van der Waals surface area contributed by atoms with E-state index in [4.69, 9.17) is 0 Å². The van der Waals surface area contributed by atoms with Crippen LogP contribution in [0.25, 0.3) is 0 Å². The van der Waals surface area contributed by atoms with Crippen LogP contribution in [0.3, 0.4) is 0 Å². The van der Waals surface area contributed by atoms with Crippen LogP contribution in [0.5, 0.6) is 0 Å². The van der Waals surface area contributed by atoms with E-state index in [1.165, 1.54) is 5.56 Å². The first-order chi connectivity index (χ1) is 11.1. The number of amides is 2. The summed E-state index contributed by atoms with van der Waals surface area (Å²) in [6.45, 7) is 1.70. The number of benzene rings is 1. The summed E-state index contributed by atoms with van der Waals surface area (Å²) in [5.74, 6) is 0. The highest BCUT2D eigenvalue weighted by molar-refractivity contribution is 5.74. The number of aliphatic hydroxyl groups is 1. The Kier molecular flexibility index (Phi) is 4.87. The molecule has 2 fully saturated rings. The molecule has 2 unspecified atom stereocenters. The number of rotatable bonds is 5. The number of likely N-dealkylation sites (N-methyl/N-ethyl adjacent to an activating group) is 1. The van der Waals surface area contributed by atoms with Crippen LogP contribution < -0.4 is 10.6 Å². The summed E-state index contributed by atoms with van der Waals surface area (Å²) in [5, 5.41) is 15.6. The largest absolute Gasteiger partial charge is 0.396 e. The molecule has 0 bridgehead atoms. The number of carbonyl (C=O) groups excluding carboxylic acids is 1. The molecule has 0 aromatic heterocycles. The van der Waals surface area contributed by atoms with E-state index in [0.717, 1.165) is 32.2 Å². The molecule has 3 N–H and O–H groups in total. The SMILES string of the molecule is CN1CCC(NC(=O)NCC2(CO)CCC2)C1c1ccccc1. The molecule has 2 atom stereocenters. The molecule has 1 heterocycles. The molecule has 1 aliphatic carbocycles. The molecule has 1 aromatic carbocycles. The van der Waals surface area contributed by atoms with Gasteiger partial charge in [-0.2, -0.15) is 0 Å². The maximum atomic E-state index is 12.3. The molecule has 0 radical (unpaired) electrons. The molecule has 1 aliphatic heterocycles. The van der Waals surface area contributed by atoms with Crippen molar-refractivity contribution < 1.29 is 9.90 Å². The zero-order chi connectivity index (χ0) is 16.3. The topological polar surface area (TPSA) is 64.6 Å². The molecular formula is C18H27N3O2. The highest BCUT2D eigenvalue weighted by Crippen LogP contribution is 2.39. The first-order valence-corrected chi connectivity index (χ1v) is 8.54. The molecular weight excluding hydrogens is 290 g/mol. The van der Waals surface area contributed by atoms with Gasteiger partial charge in [0.1, 0.15) is 0 Å². The molecule has 5 heteroatoms.